The Morgan fingerprint density at radius 3 is 2.40 bits per heavy atom. The highest BCUT2D eigenvalue weighted by molar-refractivity contribution is 6.53. The van der Waals surface area contributed by atoms with E-state index in [1.165, 1.54) is 0 Å². The summed E-state index contributed by atoms with van der Waals surface area (Å²) >= 11 is 11.8. The first kappa shape index (κ1) is 13.1. The number of alkyl halides is 2. The van der Waals surface area contributed by atoms with Gasteiger partial charge < -0.3 is 5.32 Å². The van der Waals surface area contributed by atoms with Crippen LogP contribution in [-0.4, -0.2) is 16.8 Å². The van der Waals surface area contributed by atoms with Crippen LogP contribution in [0, 0.1) is 11.3 Å². The zero-order chi connectivity index (χ0) is 11.7. The Hall–Kier alpha value is 0.0500. The molecule has 1 amide bonds. The number of hydrogen-bond donors (Lipinski definition) is 1. The minimum atomic E-state index is -0.852. The fourth-order valence-electron chi connectivity index (χ4n) is 1.55. The topological polar surface area (TPSA) is 29.1 Å². The van der Waals surface area contributed by atoms with Crippen molar-refractivity contribution in [2.75, 3.05) is 6.54 Å². The van der Waals surface area contributed by atoms with Crippen LogP contribution in [-0.2, 0) is 4.79 Å². The zero-order valence-electron chi connectivity index (χ0n) is 9.57. The summed E-state index contributed by atoms with van der Waals surface area (Å²) in [6.07, 6.45) is 2.69. The van der Waals surface area contributed by atoms with Crippen LogP contribution in [0.1, 0.15) is 40.0 Å². The van der Waals surface area contributed by atoms with Crippen molar-refractivity contribution in [1.82, 2.24) is 5.32 Å². The van der Waals surface area contributed by atoms with Crippen molar-refractivity contribution in [2.24, 2.45) is 11.3 Å². The number of halogens is 2. The van der Waals surface area contributed by atoms with Crippen molar-refractivity contribution in [3.63, 3.8) is 0 Å². The molecule has 0 aliphatic heterocycles. The molecule has 15 heavy (non-hydrogen) atoms. The second kappa shape index (κ2) is 4.50. The van der Waals surface area contributed by atoms with Gasteiger partial charge in [0.2, 0.25) is 5.91 Å². The second-order valence-electron chi connectivity index (χ2n) is 5.01. The fraction of sp³-hybridized carbons (Fsp3) is 0.909. The minimum absolute atomic E-state index is 0.0174. The monoisotopic (exact) mass is 251 g/mol. The van der Waals surface area contributed by atoms with Crippen molar-refractivity contribution >= 4 is 29.1 Å². The van der Waals surface area contributed by atoms with Crippen molar-refractivity contribution in [1.29, 1.82) is 0 Å². The van der Waals surface area contributed by atoms with E-state index in [0.717, 1.165) is 19.4 Å². The summed E-state index contributed by atoms with van der Waals surface area (Å²) in [5, 5.41) is 2.89. The predicted molar refractivity (Wildman–Crippen MR) is 64.2 cm³/mol. The lowest BCUT2D eigenvalue weighted by atomic mass is 10.1. The van der Waals surface area contributed by atoms with Gasteiger partial charge in [-0.3, -0.25) is 4.79 Å². The molecule has 1 aliphatic rings. The predicted octanol–water partition coefficient (Wildman–Crippen LogP) is 3.12. The highest BCUT2D eigenvalue weighted by atomic mass is 35.5. The third kappa shape index (κ3) is 3.01. The summed E-state index contributed by atoms with van der Waals surface area (Å²) in [6.45, 7) is 6.88. The molecule has 0 bridgehead atoms. The number of carbonyl (C=O) groups excluding carboxylic acids is 1. The molecule has 1 atom stereocenters. The van der Waals surface area contributed by atoms with E-state index in [0.29, 0.717) is 12.3 Å². The Labute approximate surface area is 102 Å². The lowest BCUT2D eigenvalue weighted by molar-refractivity contribution is -0.125. The molecule has 0 spiro atoms. The van der Waals surface area contributed by atoms with Gasteiger partial charge in [-0.2, -0.15) is 0 Å². The highest BCUT2D eigenvalue weighted by Crippen LogP contribution is 2.63. The van der Waals surface area contributed by atoms with Gasteiger partial charge in [-0.25, -0.2) is 0 Å². The molecule has 88 valence electrons. The third-order valence-corrected chi connectivity index (χ3v) is 4.10. The maximum Gasteiger partial charge on any atom is 0.229 e. The van der Waals surface area contributed by atoms with Gasteiger partial charge in [0.25, 0.3) is 0 Å². The standard InChI is InChI=1S/C11H19Cl2NO/c1-8(2)5-4-6-14-9(15)10(3)7-11(10,12)13/h8H,4-7H2,1-3H3,(H,14,15). The SMILES string of the molecule is CC(C)CCCNC(=O)C1(C)CC1(Cl)Cl. The molecular weight excluding hydrogens is 233 g/mol. The Morgan fingerprint density at radius 1 is 1.47 bits per heavy atom. The molecule has 0 heterocycles. The molecule has 1 aliphatic carbocycles. The van der Waals surface area contributed by atoms with E-state index >= 15 is 0 Å². The zero-order valence-corrected chi connectivity index (χ0v) is 11.1. The van der Waals surface area contributed by atoms with Gasteiger partial charge in [-0.1, -0.05) is 13.8 Å². The first-order valence-electron chi connectivity index (χ1n) is 5.46. The van der Waals surface area contributed by atoms with Crippen molar-refractivity contribution in [2.45, 2.75) is 44.4 Å². The van der Waals surface area contributed by atoms with Crippen LogP contribution in [0.3, 0.4) is 0 Å². The van der Waals surface area contributed by atoms with Crippen molar-refractivity contribution < 1.29 is 4.79 Å². The Kier molecular flexibility index (Phi) is 3.94. The molecule has 1 saturated carbocycles. The smallest absolute Gasteiger partial charge is 0.229 e. The lowest BCUT2D eigenvalue weighted by Gasteiger charge is -2.12. The van der Waals surface area contributed by atoms with E-state index in [9.17, 15) is 4.79 Å². The van der Waals surface area contributed by atoms with Gasteiger partial charge in [0.05, 0.1) is 5.41 Å². The van der Waals surface area contributed by atoms with Gasteiger partial charge in [0.15, 0.2) is 0 Å². The summed E-state index contributed by atoms with van der Waals surface area (Å²) in [4.78, 5) is 11.7. The quantitative estimate of drug-likeness (QED) is 0.591. The van der Waals surface area contributed by atoms with Crippen molar-refractivity contribution in [3.05, 3.63) is 0 Å². The van der Waals surface area contributed by atoms with Gasteiger partial charge in [-0.05, 0) is 32.1 Å². The molecule has 1 rings (SSSR count). The number of rotatable bonds is 5. The van der Waals surface area contributed by atoms with E-state index in [-0.39, 0.29) is 5.91 Å². The van der Waals surface area contributed by atoms with Crippen LogP contribution in [0.5, 0.6) is 0 Å². The first-order valence-corrected chi connectivity index (χ1v) is 6.21. The fourth-order valence-corrected chi connectivity index (χ4v) is 2.26. The normalized spacial score (nSPS) is 27.9. The largest absolute Gasteiger partial charge is 0.356 e. The average Bonchev–Trinajstić information content (AvgIpc) is 2.61. The Bertz CT molecular complexity index is 253. The number of carbonyl (C=O) groups is 1. The number of hydrogen-bond acceptors (Lipinski definition) is 1. The molecule has 2 nitrogen and oxygen atoms in total. The van der Waals surface area contributed by atoms with Gasteiger partial charge in [0.1, 0.15) is 4.33 Å². The van der Waals surface area contributed by atoms with E-state index in [2.05, 4.69) is 19.2 Å². The maximum atomic E-state index is 11.7. The van der Waals surface area contributed by atoms with E-state index < -0.39 is 9.75 Å². The van der Waals surface area contributed by atoms with Crippen molar-refractivity contribution in [3.8, 4) is 0 Å². The Morgan fingerprint density at radius 2 is 2.00 bits per heavy atom. The molecule has 0 aromatic carbocycles. The molecule has 0 aromatic rings. The van der Waals surface area contributed by atoms with Crippen LogP contribution in [0.25, 0.3) is 0 Å². The van der Waals surface area contributed by atoms with Crippen LogP contribution in [0.2, 0.25) is 0 Å². The van der Waals surface area contributed by atoms with Crippen LogP contribution < -0.4 is 5.32 Å². The van der Waals surface area contributed by atoms with E-state index in [4.69, 9.17) is 23.2 Å². The summed E-state index contributed by atoms with van der Waals surface area (Å²) in [5.74, 6) is 0.662. The first-order chi connectivity index (χ1) is 6.79. The van der Waals surface area contributed by atoms with E-state index in [1.54, 1.807) is 0 Å². The summed E-state index contributed by atoms with van der Waals surface area (Å²) in [5.41, 5.74) is -0.575. The molecule has 1 N–H and O–H groups in total. The van der Waals surface area contributed by atoms with Gasteiger partial charge in [0, 0.05) is 6.54 Å². The molecular formula is C11H19Cl2NO. The summed E-state index contributed by atoms with van der Waals surface area (Å²) in [7, 11) is 0. The maximum absolute atomic E-state index is 11.7. The van der Waals surface area contributed by atoms with Gasteiger partial charge >= 0.3 is 0 Å². The molecule has 1 fully saturated rings. The third-order valence-electron chi connectivity index (χ3n) is 3.00. The van der Waals surface area contributed by atoms with Gasteiger partial charge in [-0.15, -0.1) is 23.2 Å². The minimum Gasteiger partial charge on any atom is -0.356 e. The molecule has 4 heteroatoms. The van der Waals surface area contributed by atoms with E-state index in [1.807, 2.05) is 6.92 Å². The van der Waals surface area contributed by atoms with Crippen LogP contribution >= 0.6 is 23.2 Å². The number of amides is 1. The summed E-state index contributed by atoms with van der Waals surface area (Å²) in [6, 6.07) is 0. The lowest BCUT2D eigenvalue weighted by Crippen LogP contribution is -2.34. The molecule has 0 aromatic heterocycles. The second-order valence-corrected chi connectivity index (χ2v) is 6.49. The molecule has 0 radical (unpaired) electrons. The van der Waals surface area contributed by atoms with Crippen LogP contribution in [0.4, 0.5) is 0 Å². The Balaban J connectivity index is 2.21. The molecule has 0 saturated heterocycles. The highest BCUT2D eigenvalue weighted by Gasteiger charge is 2.67. The van der Waals surface area contributed by atoms with Crippen LogP contribution in [0.15, 0.2) is 0 Å². The summed E-state index contributed by atoms with van der Waals surface area (Å²) < 4.78 is -0.852. The molecule has 1 unspecified atom stereocenters. The number of nitrogens with one attached hydrogen (secondary N) is 1. The average molecular weight is 252 g/mol.